The summed E-state index contributed by atoms with van der Waals surface area (Å²) in [4.78, 5) is 12.2. The quantitative estimate of drug-likeness (QED) is 0.292. The van der Waals surface area contributed by atoms with Crippen molar-refractivity contribution in [3.05, 3.63) is 106 Å². The van der Waals surface area contributed by atoms with Gasteiger partial charge >= 0.3 is 0 Å². The topological polar surface area (TPSA) is 41.1 Å². The van der Waals surface area contributed by atoms with Crippen molar-refractivity contribution in [3.63, 3.8) is 0 Å². The van der Waals surface area contributed by atoms with E-state index in [1.54, 1.807) is 24.3 Å². The molecular weight excluding hydrogens is 379 g/mol. The van der Waals surface area contributed by atoms with Crippen LogP contribution in [0.4, 0.5) is 22.0 Å². The first-order chi connectivity index (χ1) is 13.4. The van der Waals surface area contributed by atoms with Gasteiger partial charge in [-0.1, -0.05) is 48.5 Å². The highest BCUT2D eigenvalue weighted by Gasteiger charge is 2.31. The van der Waals surface area contributed by atoms with Crippen molar-refractivity contribution in [3.8, 4) is 0 Å². The van der Waals surface area contributed by atoms with E-state index in [2.05, 4.69) is 10.9 Å². The van der Waals surface area contributed by atoms with Crippen LogP contribution in [0.3, 0.4) is 0 Å². The van der Waals surface area contributed by atoms with Crippen LogP contribution in [-0.2, 0) is 0 Å². The van der Waals surface area contributed by atoms with Gasteiger partial charge in [0, 0.05) is 5.56 Å². The van der Waals surface area contributed by atoms with Crippen LogP contribution in [0.2, 0.25) is 0 Å². The minimum absolute atomic E-state index is 0.180. The predicted octanol–water partition coefficient (Wildman–Crippen LogP) is 4.41. The van der Waals surface area contributed by atoms with Gasteiger partial charge in [0.15, 0.2) is 23.3 Å². The zero-order valence-electron chi connectivity index (χ0n) is 14.1. The molecule has 0 aromatic heterocycles. The summed E-state index contributed by atoms with van der Waals surface area (Å²) >= 11 is 0. The van der Waals surface area contributed by atoms with E-state index in [0.29, 0.717) is 0 Å². The summed E-state index contributed by atoms with van der Waals surface area (Å²) < 4.78 is 69.3. The number of hydrazine groups is 1. The van der Waals surface area contributed by atoms with Crippen molar-refractivity contribution in [2.24, 2.45) is 0 Å². The summed E-state index contributed by atoms with van der Waals surface area (Å²) in [7, 11) is 0. The van der Waals surface area contributed by atoms with Crippen molar-refractivity contribution < 1.29 is 26.7 Å². The van der Waals surface area contributed by atoms with Gasteiger partial charge in [0.1, 0.15) is 0 Å². The molecule has 3 aromatic rings. The molecule has 3 nitrogen and oxygen atoms in total. The van der Waals surface area contributed by atoms with Crippen LogP contribution >= 0.6 is 0 Å². The number of rotatable bonds is 5. The first kappa shape index (κ1) is 19.5. The van der Waals surface area contributed by atoms with Gasteiger partial charge in [0.25, 0.3) is 5.91 Å². The highest BCUT2D eigenvalue weighted by atomic mass is 19.2. The highest BCUT2D eigenvalue weighted by Crippen LogP contribution is 2.31. The zero-order valence-corrected chi connectivity index (χ0v) is 14.1. The first-order valence-electron chi connectivity index (χ1n) is 8.09. The third kappa shape index (κ3) is 3.72. The van der Waals surface area contributed by atoms with Crippen LogP contribution in [-0.4, -0.2) is 5.91 Å². The van der Waals surface area contributed by atoms with Gasteiger partial charge in [-0.25, -0.2) is 27.4 Å². The second-order valence-electron chi connectivity index (χ2n) is 5.79. The van der Waals surface area contributed by atoms with Gasteiger partial charge in [-0.3, -0.25) is 10.2 Å². The molecule has 1 atom stereocenters. The number of halogens is 5. The maximum absolute atomic E-state index is 14.3. The Hall–Kier alpha value is -3.26. The second kappa shape index (κ2) is 8.18. The Morgan fingerprint density at radius 2 is 1.14 bits per heavy atom. The monoisotopic (exact) mass is 392 g/mol. The molecule has 144 valence electrons. The molecule has 0 aliphatic rings. The summed E-state index contributed by atoms with van der Waals surface area (Å²) in [6, 6.07) is 13.9. The Bertz CT molecular complexity index is 967. The van der Waals surface area contributed by atoms with Crippen molar-refractivity contribution in [1.29, 1.82) is 0 Å². The SMILES string of the molecule is O=C(NNC(c1ccccc1)c1c(F)c(F)c(F)c(F)c1F)c1ccccc1. The Morgan fingerprint density at radius 1 is 0.679 bits per heavy atom. The van der Waals surface area contributed by atoms with Crippen molar-refractivity contribution in [1.82, 2.24) is 10.9 Å². The molecule has 0 saturated heterocycles. The van der Waals surface area contributed by atoms with E-state index in [-0.39, 0.29) is 11.1 Å². The molecule has 0 fully saturated rings. The summed E-state index contributed by atoms with van der Waals surface area (Å²) in [5.74, 6) is -11.0. The number of carbonyl (C=O) groups is 1. The molecule has 0 radical (unpaired) electrons. The van der Waals surface area contributed by atoms with Gasteiger partial charge in [-0.05, 0) is 17.7 Å². The molecule has 0 saturated carbocycles. The number of hydrogen-bond donors (Lipinski definition) is 2. The summed E-state index contributed by atoms with van der Waals surface area (Å²) in [6.07, 6.45) is 0. The van der Waals surface area contributed by atoms with Crippen LogP contribution in [0, 0.1) is 29.1 Å². The van der Waals surface area contributed by atoms with Gasteiger partial charge in [0.2, 0.25) is 5.82 Å². The largest absolute Gasteiger partial charge is 0.287 e. The lowest BCUT2D eigenvalue weighted by Crippen LogP contribution is -2.41. The Labute approximate surface area is 156 Å². The molecule has 0 bridgehead atoms. The standard InChI is InChI=1S/C20H13F5N2O/c21-14-13(15(22)17(24)18(25)16(14)23)19(11-7-3-1-4-8-11)26-27-20(28)12-9-5-2-6-10-12/h1-10,19,26H,(H,27,28). The van der Waals surface area contributed by atoms with Crippen LogP contribution < -0.4 is 10.9 Å². The summed E-state index contributed by atoms with van der Waals surface area (Å²) in [6.45, 7) is 0. The molecule has 2 N–H and O–H groups in total. The van der Waals surface area contributed by atoms with E-state index in [1.165, 1.54) is 36.4 Å². The van der Waals surface area contributed by atoms with Crippen LogP contribution in [0.1, 0.15) is 27.5 Å². The fourth-order valence-electron chi connectivity index (χ4n) is 2.64. The molecule has 0 heterocycles. The minimum atomic E-state index is -2.25. The lowest BCUT2D eigenvalue weighted by molar-refractivity contribution is 0.0927. The van der Waals surface area contributed by atoms with Gasteiger partial charge in [-0.2, -0.15) is 0 Å². The summed E-state index contributed by atoms with van der Waals surface area (Å²) in [5, 5.41) is 0. The fourth-order valence-corrected chi connectivity index (χ4v) is 2.64. The molecule has 0 aliphatic carbocycles. The molecule has 0 aliphatic heterocycles. The molecule has 1 unspecified atom stereocenters. The molecular formula is C20H13F5N2O. The van der Waals surface area contributed by atoms with Crippen LogP contribution in [0.15, 0.2) is 60.7 Å². The van der Waals surface area contributed by atoms with Gasteiger partial charge in [0.05, 0.1) is 11.6 Å². The predicted molar refractivity (Wildman–Crippen MR) is 91.6 cm³/mol. The van der Waals surface area contributed by atoms with E-state index >= 15 is 0 Å². The molecule has 1 amide bonds. The van der Waals surface area contributed by atoms with Gasteiger partial charge < -0.3 is 0 Å². The van der Waals surface area contributed by atoms with Crippen molar-refractivity contribution in [2.45, 2.75) is 6.04 Å². The van der Waals surface area contributed by atoms with Crippen molar-refractivity contribution >= 4 is 5.91 Å². The van der Waals surface area contributed by atoms with E-state index in [1.807, 2.05) is 0 Å². The lowest BCUT2D eigenvalue weighted by Gasteiger charge is -2.22. The van der Waals surface area contributed by atoms with Gasteiger partial charge in [-0.15, -0.1) is 0 Å². The number of benzene rings is 3. The average Bonchev–Trinajstić information content (AvgIpc) is 2.74. The third-order valence-electron chi connectivity index (χ3n) is 4.03. The average molecular weight is 392 g/mol. The first-order valence-corrected chi connectivity index (χ1v) is 8.09. The molecule has 3 rings (SSSR count). The smallest absolute Gasteiger partial charge is 0.265 e. The van der Waals surface area contributed by atoms with E-state index in [0.717, 1.165) is 0 Å². The number of carbonyl (C=O) groups excluding carboxylic acids is 1. The molecule has 8 heteroatoms. The second-order valence-corrected chi connectivity index (χ2v) is 5.79. The maximum Gasteiger partial charge on any atom is 0.265 e. The lowest BCUT2D eigenvalue weighted by atomic mass is 9.97. The van der Waals surface area contributed by atoms with Crippen LogP contribution in [0.5, 0.6) is 0 Å². The summed E-state index contributed by atoms with van der Waals surface area (Å²) in [5.41, 5.74) is 3.93. The number of amides is 1. The Kier molecular flexibility index (Phi) is 5.70. The normalized spacial score (nSPS) is 11.9. The minimum Gasteiger partial charge on any atom is -0.287 e. The molecule has 0 spiro atoms. The Balaban J connectivity index is 2.01. The number of nitrogens with one attached hydrogen (secondary N) is 2. The third-order valence-corrected chi connectivity index (χ3v) is 4.03. The highest BCUT2D eigenvalue weighted by molar-refractivity contribution is 5.93. The maximum atomic E-state index is 14.3. The molecule has 28 heavy (non-hydrogen) atoms. The van der Waals surface area contributed by atoms with Crippen molar-refractivity contribution in [2.75, 3.05) is 0 Å². The van der Waals surface area contributed by atoms with Crippen LogP contribution in [0.25, 0.3) is 0 Å². The Morgan fingerprint density at radius 3 is 1.68 bits per heavy atom. The van der Waals surface area contributed by atoms with E-state index < -0.39 is 46.6 Å². The zero-order chi connectivity index (χ0) is 20.3. The number of hydrogen-bond acceptors (Lipinski definition) is 2. The van der Waals surface area contributed by atoms with E-state index in [4.69, 9.17) is 0 Å². The molecule has 3 aromatic carbocycles. The van der Waals surface area contributed by atoms with E-state index in [9.17, 15) is 26.7 Å². The fraction of sp³-hybridized carbons (Fsp3) is 0.0500.